The maximum Gasteiger partial charge on any atom is 0.410 e. The first-order valence-electron chi connectivity index (χ1n) is 18.7. The lowest BCUT2D eigenvalue weighted by molar-refractivity contribution is -0.161. The second-order valence-corrected chi connectivity index (χ2v) is 18.2. The van der Waals surface area contributed by atoms with E-state index in [0.29, 0.717) is 25.1 Å². The summed E-state index contributed by atoms with van der Waals surface area (Å²) < 4.78 is 22.9. The summed E-state index contributed by atoms with van der Waals surface area (Å²) in [4.78, 5) is 70.4. The Balaban J connectivity index is 2.34. The average Bonchev–Trinajstić information content (AvgIpc) is 3.46. The molecule has 53 heavy (non-hydrogen) atoms. The Kier molecular flexibility index (Phi) is 15.6. The first kappa shape index (κ1) is 45.1. The van der Waals surface area contributed by atoms with Crippen molar-refractivity contribution < 1.29 is 42.9 Å². The van der Waals surface area contributed by atoms with Crippen molar-refractivity contribution in [2.75, 3.05) is 26.2 Å². The number of ether oxygens (including phenoxy) is 4. The largest absolute Gasteiger partial charge is 0.488 e. The molecule has 13 nitrogen and oxygen atoms in total. The van der Waals surface area contributed by atoms with E-state index in [1.807, 2.05) is 58.9 Å². The Hall–Kier alpha value is -4.03. The molecular weight excluding hydrogens is 680 g/mol. The number of nitrogens with zero attached hydrogens (tertiary/aromatic N) is 2. The molecule has 0 bridgehead atoms. The van der Waals surface area contributed by atoms with Gasteiger partial charge in [-0.1, -0.05) is 26.0 Å². The standard InChI is InChI=1S/C40H66N4O9/c1-26(2)24-43(35(48)42-30(34(47)52-39(9,10)11)22-27-17-19-29(20-18-27)50-37(3,4)5)25-28(33(46)51-38(6,7)8)23-41-32(45)31-16-15-21-44(31)36(49)53-40(12,13)14/h17-20,26,28,30-31H,15-16,21-25H2,1-14H3,(H,41,45)(H,42,48)/t28-,30+,31+/m1/s1. The molecule has 1 fully saturated rings. The fraction of sp³-hybridized carbons (Fsp3) is 0.725. The number of hydrogen-bond donors (Lipinski definition) is 2. The molecule has 13 heteroatoms. The lowest BCUT2D eigenvalue weighted by Gasteiger charge is -2.32. The van der Waals surface area contributed by atoms with Gasteiger partial charge in [0.2, 0.25) is 5.91 Å². The van der Waals surface area contributed by atoms with Crippen LogP contribution < -0.4 is 15.4 Å². The van der Waals surface area contributed by atoms with Gasteiger partial charge in [0, 0.05) is 32.6 Å². The maximum atomic E-state index is 14.1. The normalized spacial score (nSPS) is 16.4. The van der Waals surface area contributed by atoms with Gasteiger partial charge >= 0.3 is 24.1 Å². The molecule has 0 aromatic heterocycles. The van der Waals surface area contributed by atoms with Crippen LogP contribution in [0.3, 0.4) is 0 Å². The molecule has 2 N–H and O–H groups in total. The van der Waals surface area contributed by atoms with Crippen LogP contribution in [-0.2, 0) is 35.0 Å². The Morgan fingerprint density at radius 3 is 1.83 bits per heavy atom. The Morgan fingerprint density at radius 1 is 0.774 bits per heavy atom. The molecule has 2 rings (SSSR count). The fourth-order valence-electron chi connectivity index (χ4n) is 5.56. The number of carbonyl (C=O) groups excluding carboxylic acids is 5. The third-order valence-electron chi connectivity index (χ3n) is 7.54. The number of esters is 2. The number of hydrogen-bond acceptors (Lipinski definition) is 9. The predicted molar refractivity (Wildman–Crippen MR) is 203 cm³/mol. The van der Waals surface area contributed by atoms with Crippen LogP contribution in [0.2, 0.25) is 0 Å². The van der Waals surface area contributed by atoms with Gasteiger partial charge < -0.3 is 34.5 Å². The van der Waals surface area contributed by atoms with E-state index in [4.69, 9.17) is 18.9 Å². The minimum Gasteiger partial charge on any atom is -0.488 e. The summed E-state index contributed by atoms with van der Waals surface area (Å²) >= 11 is 0. The number of amides is 4. The van der Waals surface area contributed by atoms with Crippen molar-refractivity contribution in [1.29, 1.82) is 0 Å². The van der Waals surface area contributed by atoms with Gasteiger partial charge in [-0.05, 0) is 120 Å². The van der Waals surface area contributed by atoms with E-state index in [0.717, 1.165) is 5.56 Å². The van der Waals surface area contributed by atoms with Crippen LogP contribution in [0, 0.1) is 11.8 Å². The summed E-state index contributed by atoms with van der Waals surface area (Å²) in [5.41, 5.74) is -1.97. The summed E-state index contributed by atoms with van der Waals surface area (Å²) in [6.45, 7) is 25.9. The summed E-state index contributed by atoms with van der Waals surface area (Å²) in [7, 11) is 0. The number of urea groups is 1. The van der Waals surface area contributed by atoms with Gasteiger partial charge in [0.15, 0.2) is 0 Å². The zero-order valence-corrected chi connectivity index (χ0v) is 34.6. The van der Waals surface area contributed by atoms with Gasteiger partial charge in [-0.15, -0.1) is 0 Å². The van der Waals surface area contributed by atoms with Gasteiger partial charge in [-0.2, -0.15) is 0 Å². The van der Waals surface area contributed by atoms with E-state index in [9.17, 15) is 24.0 Å². The number of likely N-dealkylation sites (tertiary alicyclic amines) is 1. The van der Waals surface area contributed by atoms with Crippen LogP contribution >= 0.6 is 0 Å². The number of nitrogens with one attached hydrogen (secondary N) is 2. The highest BCUT2D eigenvalue weighted by Crippen LogP contribution is 2.23. The van der Waals surface area contributed by atoms with Crippen LogP contribution in [0.1, 0.15) is 115 Å². The van der Waals surface area contributed by atoms with E-state index in [-0.39, 0.29) is 37.6 Å². The molecule has 1 heterocycles. The van der Waals surface area contributed by atoms with Crippen molar-refractivity contribution in [3.8, 4) is 5.75 Å². The summed E-state index contributed by atoms with van der Waals surface area (Å²) in [6.07, 6.45) is 0.644. The quantitative estimate of drug-likeness (QED) is 0.176. The monoisotopic (exact) mass is 746 g/mol. The molecule has 0 saturated carbocycles. The minimum atomic E-state index is -1.05. The Morgan fingerprint density at radius 2 is 1.32 bits per heavy atom. The van der Waals surface area contributed by atoms with Crippen molar-refractivity contribution in [2.45, 2.75) is 151 Å². The van der Waals surface area contributed by atoms with E-state index in [2.05, 4.69) is 10.6 Å². The highest BCUT2D eigenvalue weighted by Gasteiger charge is 2.38. The van der Waals surface area contributed by atoms with Crippen LogP contribution in [0.25, 0.3) is 0 Å². The smallest absolute Gasteiger partial charge is 0.410 e. The van der Waals surface area contributed by atoms with Crippen LogP contribution in [0.5, 0.6) is 5.75 Å². The molecule has 0 unspecified atom stereocenters. The molecule has 300 valence electrons. The molecule has 0 spiro atoms. The van der Waals surface area contributed by atoms with Crippen molar-refractivity contribution in [1.82, 2.24) is 20.4 Å². The van der Waals surface area contributed by atoms with Crippen LogP contribution in [0.4, 0.5) is 9.59 Å². The number of carbonyl (C=O) groups is 5. The molecule has 0 radical (unpaired) electrons. The van der Waals surface area contributed by atoms with E-state index in [1.54, 1.807) is 62.3 Å². The lowest BCUT2D eigenvalue weighted by atomic mass is 10.0. The van der Waals surface area contributed by atoms with Crippen molar-refractivity contribution in [3.63, 3.8) is 0 Å². The fourth-order valence-corrected chi connectivity index (χ4v) is 5.56. The third kappa shape index (κ3) is 17.1. The van der Waals surface area contributed by atoms with E-state index >= 15 is 0 Å². The lowest BCUT2D eigenvalue weighted by Crippen LogP contribution is -2.54. The number of benzene rings is 1. The first-order valence-corrected chi connectivity index (χ1v) is 18.7. The van der Waals surface area contributed by atoms with Gasteiger partial charge in [0.1, 0.15) is 40.2 Å². The minimum absolute atomic E-state index is 0.00848. The summed E-state index contributed by atoms with van der Waals surface area (Å²) in [5, 5.41) is 5.71. The molecule has 1 aromatic carbocycles. The zero-order chi connectivity index (χ0) is 40.5. The van der Waals surface area contributed by atoms with Crippen LogP contribution in [0.15, 0.2) is 24.3 Å². The highest BCUT2D eigenvalue weighted by atomic mass is 16.6. The second kappa shape index (κ2) is 18.3. The van der Waals surface area contributed by atoms with Gasteiger partial charge in [-0.25, -0.2) is 14.4 Å². The van der Waals surface area contributed by atoms with E-state index in [1.165, 1.54) is 9.80 Å². The molecule has 1 saturated heterocycles. The first-order chi connectivity index (χ1) is 24.1. The maximum absolute atomic E-state index is 14.1. The van der Waals surface area contributed by atoms with Crippen molar-refractivity contribution in [3.05, 3.63) is 29.8 Å². The highest BCUT2D eigenvalue weighted by molar-refractivity contribution is 5.87. The topological polar surface area (TPSA) is 153 Å². The van der Waals surface area contributed by atoms with Crippen molar-refractivity contribution in [2.24, 2.45) is 11.8 Å². The Bertz CT molecular complexity index is 1400. The molecule has 4 amide bonds. The Labute approximate surface area is 317 Å². The summed E-state index contributed by atoms with van der Waals surface area (Å²) in [6, 6.07) is 4.93. The van der Waals surface area contributed by atoms with Crippen LogP contribution in [-0.4, -0.2) is 100 Å². The summed E-state index contributed by atoms with van der Waals surface area (Å²) in [5.74, 6) is -1.93. The molecule has 1 aromatic rings. The van der Waals surface area contributed by atoms with Gasteiger partial charge in [-0.3, -0.25) is 14.5 Å². The molecule has 1 aliphatic rings. The van der Waals surface area contributed by atoms with Crippen molar-refractivity contribution >= 4 is 30.0 Å². The third-order valence-corrected chi connectivity index (χ3v) is 7.54. The molecule has 3 atom stereocenters. The predicted octanol–water partition coefficient (Wildman–Crippen LogP) is 6.26. The molecule has 1 aliphatic heterocycles. The number of rotatable bonds is 13. The SMILES string of the molecule is CC(C)CN(C[C@@H](CNC(=O)[C@@H]1CCCN1C(=O)OC(C)(C)C)C(=O)OC(C)(C)C)C(=O)N[C@@H](Cc1ccc(OC(C)(C)C)cc1)C(=O)OC(C)(C)C. The zero-order valence-electron chi connectivity index (χ0n) is 34.6. The van der Waals surface area contributed by atoms with Gasteiger partial charge in [0.05, 0.1) is 5.92 Å². The molecule has 0 aliphatic carbocycles. The molecular formula is C40H66N4O9. The second-order valence-electron chi connectivity index (χ2n) is 18.2. The van der Waals surface area contributed by atoms with Gasteiger partial charge in [0.25, 0.3) is 0 Å². The average molecular weight is 747 g/mol. The van der Waals surface area contributed by atoms with E-state index < -0.39 is 64.8 Å².